The smallest absolute Gasteiger partial charge is 0.246 e. The van der Waals surface area contributed by atoms with Crippen LogP contribution in [0.2, 0.25) is 0 Å². The molecular weight excluding hydrogens is 334 g/mol. The summed E-state index contributed by atoms with van der Waals surface area (Å²) in [5, 5.41) is 7.76. The van der Waals surface area contributed by atoms with Crippen LogP contribution in [0.15, 0.2) is 0 Å². The van der Waals surface area contributed by atoms with Gasteiger partial charge in [-0.15, -0.1) is 0 Å². The van der Waals surface area contributed by atoms with Gasteiger partial charge >= 0.3 is 0 Å². The third-order valence-corrected chi connectivity index (χ3v) is 5.34. The molecule has 0 saturated carbocycles. The van der Waals surface area contributed by atoms with Crippen LogP contribution in [-0.2, 0) is 27.3 Å². The molecule has 1 atom stereocenters. The zero-order chi connectivity index (χ0) is 18.7. The highest BCUT2D eigenvalue weighted by Gasteiger charge is 2.35. The molecule has 3 rings (SSSR count). The molecule has 0 unspecified atom stereocenters. The summed E-state index contributed by atoms with van der Waals surface area (Å²) in [6.45, 7) is 10.3. The second kappa shape index (κ2) is 8.18. The van der Waals surface area contributed by atoms with E-state index >= 15 is 0 Å². The van der Waals surface area contributed by atoms with E-state index in [0.29, 0.717) is 45.9 Å². The lowest BCUT2D eigenvalue weighted by Gasteiger charge is -2.39. The monoisotopic (exact) mass is 363 g/mol. The molecule has 26 heavy (non-hydrogen) atoms. The van der Waals surface area contributed by atoms with Gasteiger partial charge in [-0.1, -0.05) is 6.92 Å². The molecule has 8 nitrogen and oxygen atoms in total. The van der Waals surface area contributed by atoms with Gasteiger partial charge in [-0.2, -0.15) is 5.10 Å². The van der Waals surface area contributed by atoms with Gasteiger partial charge in [0.25, 0.3) is 0 Å². The minimum atomic E-state index is -0.447. The van der Waals surface area contributed by atoms with Crippen LogP contribution in [0, 0.1) is 13.8 Å². The van der Waals surface area contributed by atoms with Crippen molar-refractivity contribution in [3.05, 3.63) is 17.0 Å². The summed E-state index contributed by atoms with van der Waals surface area (Å²) in [5.74, 6) is -0.0390. The van der Waals surface area contributed by atoms with Gasteiger partial charge < -0.3 is 19.9 Å². The molecule has 0 radical (unpaired) electrons. The number of morpholine rings is 1. The molecule has 1 aromatic rings. The van der Waals surface area contributed by atoms with E-state index in [1.807, 2.05) is 13.8 Å². The molecule has 2 amide bonds. The number of ether oxygens (including phenoxy) is 1. The van der Waals surface area contributed by atoms with E-state index in [4.69, 9.17) is 4.74 Å². The second-order valence-corrected chi connectivity index (χ2v) is 6.91. The van der Waals surface area contributed by atoms with Crippen molar-refractivity contribution in [1.82, 2.24) is 24.9 Å². The molecule has 144 valence electrons. The Balaban J connectivity index is 1.72. The maximum atomic E-state index is 13.0. The van der Waals surface area contributed by atoms with E-state index in [1.165, 1.54) is 5.56 Å². The maximum absolute atomic E-state index is 13.0. The fourth-order valence-corrected chi connectivity index (χ4v) is 3.84. The molecule has 2 saturated heterocycles. The molecule has 1 N–H and O–H groups in total. The van der Waals surface area contributed by atoms with Crippen LogP contribution in [0.3, 0.4) is 0 Å². The summed E-state index contributed by atoms with van der Waals surface area (Å²) in [6.07, 6.45) is 0.900. The van der Waals surface area contributed by atoms with Gasteiger partial charge in [0.15, 0.2) is 0 Å². The Morgan fingerprint density at radius 1 is 1.23 bits per heavy atom. The summed E-state index contributed by atoms with van der Waals surface area (Å²) < 4.78 is 7.10. The van der Waals surface area contributed by atoms with Gasteiger partial charge in [-0.05, 0) is 25.8 Å². The minimum absolute atomic E-state index is 0.0106. The number of hydrogen-bond donors (Lipinski definition) is 1. The highest BCUT2D eigenvalue weighted by Crippen LogP contribution is 2.15. The number of nitrogens with zero attached hydrogens (tertiary/aromatic N) is 4. The SMILES string of the molecule is CCc1c(C)nn(CC(=O)N2CCNC[C@H]2C(=O)N2CCOCC2)c1C. The number of nitrogens with one attached hydrogen (secondary N) is 1. The molecule has 0 spiro atoms. The normalized spacial score (nSPS) is 21.1. The van der Waals surface area contributed by atoms with Gasteiger partial charge in [-0.25, -0.2) is 0 Å². The van der Waals surface area contributed by atoms with Crippen LogP contribution < -0.4 is 5.32 Å². The van der Waals surface area contributed by atoms with Crippen LogP contribution in [0.4, 0.5) is 0 Å². The maximum Gasteiger partial charge on any atom is 0.246 e. The van der Waals surface area contributed by atoms with Crippen molar-refractivity contribution in [3.8, 4) is 0 Å². The van der Waals surface area contributed by atoms with Gasteiger partial charge in [-0.3, -0.25) is 14.3 Å². The Bertz CT molecular complexity index is 666. The van der Waals surface area contributed by atoms with E-state index in [0.717, 1.165) is 17.8 Å². The van der Waals surface area contributed by atoms with Crippen molar-refractivity contribution in [2.24, 2.45) is 0 Å². The Morgan fingerprint density at radius 3 is 2.62 bits per heavy atom. The molecule has 0 aromatic carbocycles. The minimum Gasteiger partial charge on any atom is -0.378 e. The number of carbonyl (C=O) groups is 2. The number of aryl methyl sites for hydroxylation is 1. The molecular formula is C18H29N5O3. The van der Waals surface area contributed by atoms with Crippen LogP contribution in [0.5, 0.6) is 0 Å². The topological polar surface area (TPSA) is 79.7 Å². The second-order valence-electron chi connectivity index (χ2n) is 6.91. The van der Waals surface area contributed by atoms with E-state index in [1.54, 1.807) is 14.5 Å². The van der Waals surface area contributed by atoms with E-state index in [-0.39, 0.29) is 18.4 Å². The molecule has 2 fully saturated rings. The quantitative estimate of drug-likeness (QED) is 0.796. The zero-order valence-electron chi connectivity index (χ0n) is 16.0. The Hall–Kier alpha value is -1.93. The van der Waals surface area contributed by atoms with E-state index in [9.17, 15) is 9.59 Å². The number of carbonyl (C=O) groups excluding carboxylic acids is 2. The molecule has 8 heteroatoms. The fraction of sp³-hybridized carbons (Fsp3) is 0.722. The summed E-state index contributed by atoms with van der Waals surface area (Å²) >= 11 is 0. The predicted molar refractivity (Wildman–Crippen MR) is 96.8 cm³/mol. The zero-order valence-corrected chi connectivity index (χ0v) is 16.0. The predicted octanol–water partition coefficient (Wildman–Crippen LogP) is -0.278. The van der Waals surface area contributed by atoms with Crippen molar-refractivity contribution < 1.29 is 14.3 Å². The first-order chi connectivity index (χ1) is 12.5. The largest absolute Gasteiger partial charge is 0.378 e. The van der Waals surface area contributed by atoms with Crippen molar-refractivity contribution in [3.63, 3.8) is 0 Å². The molecule has 0 bridgehead atoms. The number of hydrogen-bond acceptors (Lipinski definition) is 5. The third-order valence-electron chi connectivity index (χ3n) is 5.34. The molecule has 2 aliphatic heterocycles. The lowest BCUT2D eigenvalue weighted by atomic mass is 10.1. The Kier molecular flexibility index (Phi) is 5.93. The summed E-state index contributed by atoms with van der Waals surface area (Å²) in [4.78, 5) is 29.4. The summed E-state index contributed by atoms with van der Waals surface area (Å²) in [7, 11) is 0. The first-order valence-electron chi connectivity index (χ1n) is 9.42. The number of piperazine rings is 1. The average molecular weight is 363 g/mol. The molecule has 1 aromatic heterocycles. The molecule has 2 aliphatic rings. The first-order valence-corrected chi connectivity index (χ1v) is 9.42. The van der Waals surface area contributed by atoms with Crippen LogP contribution in [-0.4, -0.2) is 83.4 Å². The highest BCUT2D eigenvalue weighted by atomic mass is 16.5. The van der Waals surface area contributed by atoms with Crippen LogP contribution >= 0.6 is 0 Å². The van der Waals surface area contributed by atoms with E-state index < -0.39 is 6.04 Å². The van der Waals surface area contributed by atoms with Gasteiger partial charge in [0.2, 0.25) is 11.8 Å². The standard InChI is InChI=1S/C18H29N5O3/c1-4-15-13(2)20-23(14(15)3)12-17(24)22-6-5-19-11-16(22)18(25)21-7-9-26-10-8-21/h16,19H,4-12H2,1-3H3/t16-/m0/s1. The first kappa shape index (κ1) is 18.8. The molecule has 0 aliphatic carbocycles. The van der Waals surface area contributed by atoms with Crippen molar-refractivity contribution >= 4 is 11.8 Å². The number of amides is 2. The molecule has 3 heterocycles. The summed E-state index contributed by atoms with van der Waals surface area (Å²) in [6, 6.07) is -0.447. The van der Waals surface area contributed by atoms with Gasteiger partial charge in [0.05, 0.1) is 18.9 Å². The highest BCUT2D eigenvalue weighted by molar-refractivity contribution is 5.88. The van der Waals surface area contributed by atoms with Gasteiger partial charge in [0, 0.05) is 38.4 Å². The Morgan fingerprint density at radius 2 is 1.96 bits per heavy atom. The number of aromatic nitrogens is 2. The third kappa shape index (κ3) is 3.76. The van der Waals surface area contributed by atoms with Crippen molar-refractivity contribution in [2.75, 3.05) is 45.9 Å². The fourth-order valence-electron chi connectivity index (χ4n) is 3.84. The van der Waals surface area contributed by atoms with Gasteiger partial charge in [0.1, 0.15) is 12.6 Å². The van der Waals surface area contributed by atoms with Crippen molar-refractivity contribution in [1.29, 1.82) is 0 Å². The van der Waals surface area contributed by atoms with E-state index in [2.05, 4.69) is 17.3 Å². The summed E-state index contributed by atoms with van der Waals surface area (Å²) in [5.41, 5.74) is 3.20. The van der Waals surface area contributed by atoms with Crippen LogP contribution in [0.1, 0.15) is 23.9 Å². The number of rotatable bonds is 4. The van der Waals surface area contributed by atoms with Crippen molar-refractivity contribution in [2.45, 2.75) is 39.8 Å². The average Bonchev–Trinajstić information content (AvgIpc) is 2.94. The van der Waals surface area contributed by atoms with Crippen LogP contribution in [0.25, 0.3) is 0 Å². The Labute approximate surface area is 154 Å². The lowest BCUT2D eigenvalue weighted by Crippen LogP contribution is -2.61. The lowest BCUT2D eigenvalue weighted by molar-refractivity contribution is -0.149.